The highest BCUT2D eigenvalue weighted by molar-refractivity contribution is 7.98. The van der Waals surface area contributed by atoms with E-state index in [1.807, 2.05) is 60.9 Å². The molecular weight excluding hydrogens is 400 g/mol. The summed E-state index contributed by atoms with van der Waals surface area (Å²) in [5.41, 5.74) is 3.44. The number of nitrogens with zero attached hydrogens (tertiary/aromatic N) is 1. The smallest absolute Gasteiger partial charge is 0.253 e. The fourth-order valence-electron chi connectivity index (χ4n) is 4.36. The number of thioether (sulfide) groups is 1. The normalized spacial score (nSPS) is 18.8. The summed E-state index contributed by atoms with van der Waals surface area (Å²) in [4.78, 5) is 19.6. The lowest BCUT2D eigenvalue weighted by Crippen LogP contribution is -2.42. The molecule has 1 heterocycles. The van der Waals surface area contributed by atoms with E-state index in [1.54, 1.807) is 11.8 Å². The van der Waals surface area contributed by atoms with Gasteiger partial charge in [0.1, 0.15) is 0 Å². The zero-order valence-electron chi connectivity index (χ0n) is 18.2. The maximum absolute atomic E-state index is 13.7. The van der Waals surface area contributed by atoms with Crippen molar-refractivity contribution in [3.8, 4) is 11.3 Å². The number of fused-ring (bicyclic) bond motifs is 1. The van der Waals surface area contributed by atoms with Gasteiger partial charge in [-0.1, -0.05) is 86.7 Å². The van der Waals surface area contributed by atoms with Crippen LogP contribution in [0, 0.1) is 11.8 Å². The highest BCUT2D eigenvalue weighted by Crippen LogP contribution is 2.36. The van der Waals surface area contributed by atoms with Gasteiger partial charge in [-0.25, -0.2) is 4.98 Å². The van der Waals surface area contributed by atoms with E-state index in [2.05, 4.69) is 43.5 Å². The third-order valence-electron chi connectivity index (χ3n) is 6.01. The van der Waals surface area contributed by atoms with Crippen LogP contribution < -0.4 is 5.32 Å². The molecule has 158 valence electrons. The van der Waals surface area contributed by atoms with Gasteiger partial charge in [-0.15, -0.1) is 11.8 Å². The van der Waals surface area contributed by atoms with Gasteiger partial charge in [0.05, 0.1) is 16.8 Å². The molecule has 0 spiro atoms. The summed E-state index contributed by atoms with van der Waals surface area (Å²) >= 11 is 1.58. The Morgan fingerprint density at radius 2 is 1.77 bits per heavy atom. The van der Waals surface area contributed by atoms with Gasteiger partial charge < -0.3 is 5.32 Å². The van der Waals surface area contributed by atoms with E-state index in [-0.39, 0.29) is 11.9 Å². The van der Waals surface area contributed by atoms with Gasteiger partial charge in [0.2, 0.25) is 0 Å². The second-order valence-electron chi connectivity index (χ2n) is 7.95. The molecule has 1 amide bonds. The van der Waals surface area contributed by atoms with E-state index in [0.29, 0.717) is 11.8 Å². The molecule has 0 aliphatic heterocycles. The number of rotatable bonds is 6. The molecule has 4 heteroatoms. The Kier molecular flexibility index (Phi) is 6.57. The molecule has 4 rings (SSSR count). The van der Waals surface area contributed by atoms with Crippen molar-refractivity contribution < 1.29 is 4.79 Å². The van der Waals surface area contributed by atoms with E-state index < -0.39 is 0 Å². The Hall–Kier alpha value is -2.85. The Labute approximate surface area is 188 Å². The van der Waals surface area contributed by atoms with Crippen LogP contribution in [-0.4, -0.2) is 23.2 Å². The first-order valence-corrected chi connectivity index (χ1v) is 12.0. The number of carbonyl (C=O) groups is 1. The van der Waals surface area contributed by atoms with Crippen LogP contribution in [0.15, 0.2) is 83.8 Å². The highest BCUT2D eigenvalue weighted by Gasteiger charge is 2.28. The Morgan fingerprint density at radius 3 is 2.48 bits per heavy atom. The van der Waals surface area contributed by atoms with E-state index in [4.69, 9.17) is 4.98 Å². The molecule has 0 fully saturated rings. The third-order valence-corrected chi connectivity index (χ3v) is 6.82. The fourth-order valence-corrected chi connectivity index (χ4v) is 5.12. The minimum atomic E-state index is -0.0258. The van der Waals surface area contributed by atoms with E-state index in [1.165, 1.54) is 0 Å². The number of amides is 1. The maximum Gasteiger partial charge on any atom is 0.253 e. The van der Waals surface area contributed by atoms with Crippen molar-refractivity contribution in [2.75, 3.05) is 6.26 Å². The molecule has 0 saturated heterocycles. The van der Waals surface area contributed by atoms with Crippen LogP contribution in [0.4, 0.5) is 0 Å². The van der Waals surface area contributed by atoms with Gasteiger partial charge in [0.25, 0.3) is 5.91 Å². The molecular formula is C27H28N2OS. The number of allylic oxidation sites excluding steroid dienone is 3. The largest absolute Gasteiger partial charge is 0.349 e. The molecule has 3 aromatic rings. The molecule has 0 bridgehead atoms. The van der Waals surface area contributed by atoms with E-state index in [9.17, 15) is 4.79 Å². The second-order valence-corrected chi connectivity index (χ2v) is 8.76. The zero-order valence-corrected chi connectivity index (χ0v) is 19.0. The first-order chi connectivity index (χ1) is 15.1. The van der Waals surface area contributed by atoms with Crippen LogP contribution in [0.5, 0.6) is 0 Å². The van der Waals surface area contributed by atoms with Crippen LogP contribution in [0.1, 0.15) is 30.6 Å². The monoisotopic (exact) mass is 428 g/mol. The summed E-state index contributed by atoms with van der Waals surface area (Å²) in [5.74, 6) is 0.657. The quantitative estimate of drug-likeness (QED) is 0.455. The molecule has 1 N–H and O–H groups in total. The van der Waals surface area contributed by atoms with Crippen molar-refractivity contribution in [2.45, 2.75) is 31.2 Å². The lowest BCUT2D eigenvalue weighted by Gasteiger charge is -2.30. The summed E-state index contributed by atoms with van der Waals surface area (Å²) in [6.07, 6.45) is 11.5. The zero-order chi connectivity index (χ0) is 21.8. The lowest BCUT2D eigenvalue weighted by molar-refractivity contribution is 0.0920. The maximum atomic E-state index is 13.7. The molecule has 0 radical (unpaired) electrons. The average molecular weight is 429 g/mol. The minimum absolute atomic E-state index is 0.0258. The topological polar surface area (TPSA) is 42.0 Å². The van der Waals surface area contributed by atoms with Crippen LogP contribution in [0.2, 0.25) is 0 Å². The fraction of sp³-hybridized carbons (Fsp3) is 0.259. The predicted octanol–water partition coefficient (Wildman–Crippen LogP) is 6.51. The Bertz CT molecular complexity index is 1140. The minimum Gasteiger partial charge on any atom is -0.349 e. The number of para-hydroxylation sites is 1. The van der Waals surface area contributed by atoms with Gasteiger partial charge in [-0.3, -0.25) is 4.79 Å². The summed E-state index contributed by atoms with van der Waals surface area (Å²) in [5, 5.41) is 4.26. The molecule has 31 heavy (non-hydrogen) atoms. The lowest BCUT2D eigenvalue weighted by atomic mass is 9.83. The predicted molar refractivity (Wildman–Crippen MR) is 131 cm³/mol. The van der Waals surface area contributed by atoms with Gasteiger partial charge >= 0.3 is 0 Å². The van der Waals surface area contributed by atoms with Gasteiger partial charge in [0.15, 0.2) is 0 Å². The van der Waals surface area contributed by atoms with Crippen molar-refractivity contribution in [3.05, 3.63) is 84.5 Å². The molecule has 3 nitrogen and oxygen atoms in total. The number of hydrogen-bond donors (Lipinski definition) is 1. The number of aromatic nitrogens is 1. The first kappa shape index (κ1) is 21.4. The SMILES string of the molecule is CCC(NC(=O)c1c(SC)c(-c2ccccc2)nc2ccccc12)C1C=CC=CC1C. The molecule has 0 saturated carbocycles. The molecule has 1 aromatic heterocycles. The molecule has 3 atom stereocenters. The number of pyridine rings is 1. The number of nitrogens with one attached hydrogen (secondary N) is 1. The second kappa shape index (κ2) is 9.52. The van der Waals surface area contributed by atoms with E-state index in [0.717, 1.165) is 39.0 Å². The Morgan fingerprint density at radius 1 is 1.06 bits per heavy atom. The van der Waals surface area contributed by atoms with Crippen molar-refractivity contribution in [2.24, 2.45) is 11.8 Å². The van der Waals surface area contributed by atoms with Crippen molar-refractivity contribution >= 4 is 28.6 Å². The summed E-state index contributed by atoms with van der Waals surface area (Å²) in [6.45, 7) is 4.35. The Balaban J connectivity index is 1.81. The summed E-state index contributed by atoms with van der Waals surface area (Å²) < 4.78 is 0. The molecule has 1 aliphatic rings. The van der Waals surface area contributed by atoms with Crippen LogP contribution in [0.25, 0.3) is 22.2 Å². The van der Waals surface area contributed by atoms with Crippen LogP contribution in [0.3, 0.4) is 0 Å². The third kappa shape index (κ3) is 4.31. The van der Waals surface area contributed by atoms with Gasteiger partial charge in [-0.05, 0) is 24.7 Å². The summed E-state index contributed by atoms with van der Waals surface area (Å²) in [6, 6.07) is 18.1. The average Bonchev–Trinajstić information content (AvgIpc) is 2.82. The number of hydrogen-bond acceptors (Lipinski definition) is 3. The van der Waals surface area contributed by atoms with Crippen molar-refractivity contribution in [3.63, 3.8) is 0 Å². The number of carbonyl (C=O) groups excluding carboxylic acids is 1. The first-order valence-electron chi connectivity index (χ1n) is 10.8. The highest BCUT2D eigenvalue weighted by atomic mass is 32.2. The standard InChI is InChI=1S/C27H28N2OS/c1-4-22(20-15-9-8-12-18(20)2)29-27(30)24-21-16-10-11-17-23(21)28-25(26(24)31-3)19-13-6-5-7-14-19/h5-18,20,22H,4H2,1-3H3,(H,29,30). The number of benzene rings is 2. The van der Waals surface area contributed by atoms with Crippen LogP contribution >= 0.6 is 11.8 Å². The van der Waals surface area contributed by atoms with Crippen molar-refractivity contribution in [1.29, 1.82) is 0 Å². The molecule has 2 aromatic carbocycles. The van der Waals surface area contributed by atoms with E-state index >= 15 is 0 Å². The summed E-state index contributed by atoms with van der Waals surface area (Å²) in [7, 11) is 0. The molecule has 1 aliphatic carbocycles. The van der Waals surface area contributed by atoms with Gasteiger partial charge in [0, 0.05) is 27.8 Å². The molecule has 3 unspecified atom stereocenters. The van der Waals surface area contributed by atoms with Crippen LogP contribution in [-0.2, 0) is 0 Å². The van der Waals surface area contributed by atoms with Crippen molar-refractivity contribution in [1.82, 2.24) is 10.3 Å². The van der Waals surface area contributed by atoms with Gasteiger partial charge in [-0.2, -0.15) is 0 Å².